The number of nitrogens with two attached hydrogens (primary N) is 1. The van der Waals surface area contributed by atoms with Gasteiger partial charge in [0.2, 0.25) is 0 Å². The zero-order valence-corrected chi connectivity index (χ0v) is 12.7. The van der Waals surface area contributed by atoms with E-state index in [9.17, 15) is 4.39 Å². The van der Waals surface area contributed by atoms with Gasteiger partial charge in [0.1, 0.15) is 11.6 Å². The molecule has 0 unspecified atom stereocenters. The molecule has 1 heterocycles. The van der Waals surface area contributed by atoms with Crippen molar-refractivity contribution in [3.63, 3.8) is 0 Å². The Hall–Kier alpha value is -1.01. The first-order valence-corrected chi connectivity index (χ1v) is 6.88. The normalized spacial score (nSPS) is 10.7. The van der Waals surface area contributed by atoms with Gasteiger partial charge in [0.05, 0.1) is 14.6 Å². The zero-order chi connectivity index (χ0) is 13.3. The number of anilines is 1. The molecule has 94 valence electrons. The lowest BCUT2D eigenvalue weighted by molar-refractivity contribution is 0.621. The van der Waals surface area contributed by atoms with Crippen molar-refractivity contribution in [1.82, 2.24) is 9.97 Å². The van der Waals surface area contributed by atoms with Crippen LogP contribution in [0.25, 0.3) is 11.4 Å². The molecule has 0 radical (unpaired) electrons. The molecule has 0 fully saturated rings. The lowest BCUT2D eigenvalue weighted by Gasteiger charge is -2.08. The van der Waals surface area contributed by atoms with Gasteiger partial charge in [-0.2, -0.15) is 0 Å². The maximum atomic E-state index is 13.2. The van der Waals surface area contributed by atoms with Gasteiger partial charge >= 0.3 is 0 Å². The number of benzene rings is 1. The number of rotatable bonds is 2. The number of halogens is 3. The minimum absolute atomic E-state index is 0.320. The molecule has 3 nitrogen and oxygen atoms in total. The van der Waals surface area contributed by atoms with Crippen LogP contribution in [0.3, 0.4) is 0 Å². The molecule has 2 aromatic rings. The van der Waals surface area contributed by atoms with Gasteiger partial charge in [0.25, 0.3) is 0 Å². The van der Waals surface area contributed by atoms with Crippen molar-refractivity contribution in [2.45, 2.75) is 13.3 Å². The largest absolute Gasteiger partial charge is 0.383 e. The Morgan fingerprint density at radius 1 is 1.28 bits per heavy atom. The standard InChI is InChI=1S/C12H10Br2FN3/c1-2-9-10(14)11(16)18-12(17-9)6-3-4-8(15)7(13)5-6/h3-5H,2H2,1H3,(H2,16,17,18). The summed E-state index contributed by atoms with van der Waals surface area (Å²) in [4.78, 5) is 8.61. The first kappa shape index (κ1) is 13.4. The summed E-state index contributed by atoms with van der Waals surface area (Å²) < 4.78 is 14.3. The number of nitrogens with zero attached hydrogens (tertiary/aromatic N) is 2. The Morgan fingerprint density at radius 2 is 2.00 bits per heavy atom. The fourth-order valence-electron chi connectivity index (χ4n) is 1.51. The van der Waals surface area contributed by atoms with E-state index in [-0.39, 0.29) is 5.82 Å². The molecule has 0 aliphatic carbocycles. The second-order valence-electron chi connectivity index (χ2n) is 3.68. The molecule has 0 aliphatic heterocycles. The van der Waals surface area contributed by atoms with E-state index in [4.69, 9.17) is 5.73 Å². The van der Waals surface area contributed by atoms with E-state index in [1.807, 2.05) is 6.92 Å². The van der Waals surface area contributed by atoms with Crippen LogP contribution in [0.5, 0.6) is 0 Å². The molecule has 18 heavy (non-hydrogen) atoms. The third-order valence-electron chi connectivity index (χ3n) is 2.46. The number of nitrogen functional groups attached to an aromatic ring is 1. The van der Waals surface area contributed by atoms with Gasteiger partial charge in [-0.15, -0.1) is 0 Å². The Kier molecular flexibility index (Phi) is 3.97. The van der Waals surface area contributed by atoms with Crippen molar-refractivity contribution in [1.29, 1.82) is 0 Å². The van der Waals surface area contributed by atoms with Crippen molar-refractivity contribution < 1.29 is 4.39 Å². The second kappa shape index (κ2) is 5.32. The quantitative estimate of drug-likeness (QED) is 0.865. The molecule has 0 amide bonds. The Morgan fingerprint density at radius 3 is 2.61 bits per heavy atom. The highest BCUT2D eigenvalue weighted by Crippen LogP contribution is 2.27. The predicted molar refractivity (Wildman–Crippen MR) is 76.6 cm³/mol. The fraction of sp³-hybridized carbons (Fsp3) is 0.167. The van der Waals surface area contributed by atoms with E-state index < -0.39 is 0 Å². The van der Waals surface area contributed by atoms with Crippen LogP contribution < -0.4 is 5.73 Å². The summed E-state index contributed by atoms with van der Waals surface area (Å²) in [5.41, 5.74) is 7.37. The molecule has 0 spiro atoms. The molecule has 2 N–H and O–H groups in total. The zero-order valence-electron chi connectivity index (χ0n) is 9.54. The molecule has 0 saturated heterocycles. The number of hydrogen-bond acceptors (Lipinski definition) is 3. The first-order valence-electron chi connectivity index (χ1n) is 5.30. The molecular formula is C12H10Br2FN3. The average Bonchev–Trinajstić information content (AvgIpc) is 2.36. The lowest BCUT2D eigenvalue weighted by Crippen LogP contribution is -2.02. The van der Waals surface area contributed by atoms with E-state index in [1.54, 1.807) is 12.1 Å². The van der Waals surface area contributed by atoms with Crippen molar-refractivity contribution in [2.75, 3.05) is 5.73 Å². The minimum atomic E-state index is -0.320. The monoisotopic (exact) mass is 373 g/mol. The van der Waals surface area contributed by atoms with Crippen LogP contribution in [0, 0.1) is 5.82 Å². The summed E-state index contributed by atoms with van der Waals surface area (Å²) in [6, 6.07) is 4.63. The van der Waals surface area contributed by atoms with Crippen LogP contribution in [0.2, 0.25) is 0 Å². The van der Waals surface area contributed by atoms with Gasteiger partial charge in [0, 0.05) is 5.56 Å². The molecule has 2 rings (SSSR count). The number of aromatic nitrogens is 2. The van der Waals surface area contributed by atoms with E-state index in [1.165, 1.54) is 6.07 Å². The molecule has 0 saturated carbocycles. The van der Waals surface area contributed by atoms with Crippen molar-refractivity contribution >= 4 is 37.7 Å². The third-order valence-corrected chi connectivity index (χ3v) is 3.93. The van der Waals surface area contributed by atoms with Crippen LogP contribution >= 0.6 is 31.9 Å². The summed E-state index contributed by atoms with van der Waals surface area (Å²) in [5, 5.41) is 0. The predicted octanol–water partition coefficient (Wildman–Crippen LogP) is 3.95. The van der Waals surface area contributed by atoms with Crippen molar-refractivity contribution in [2.24, 2.45) is 0 Å². The molecule has 1 aromatic heterocycles. The summed E-state index contributed by atoms with van der Waals surface area (Å²) >= 11 is 6.49. The minimum Gasteiger partial charge on any atom is -0.383 e. The lowest BCUT2D eigenvalue weighted by atomic mass is 10.2. The van der Waals surface area contributed by atoms with Gasteiger partial charge in [-0.05, 0) is 56.5 Å². The first-order chi connectivity index (χ1) is 8.52. The fourth-order valence-corrected chi connectivity index (χ4v) is 2.35. The van der Waals surface area contributed by atoms with Gasteiger partial charge in [0.15, 0.2) is 5.82 Å². The summed E-state index contributed by atoms with van der Waals surface area (Å²) in [6.45, 7) is 1.98. The highest BCUT2D eigenvalue weighted by atomic mass is 79.9. The highest BCUT2D eigenvalue weighted by molar-refractivity contribution is 9.11. The van der Waals surface area contributed by atoms with Crippen LogP contribution in [-0.4, -0.2) is 9.97 Å². The molecular weight excluding hydrogens is 365 g/mol. The van der Waals surface area contributed by atoms with E-state index in [0.29, 0.717) is 16.1 Å². The van der Waals surface area contributed by atoms with E-state index in [0.717, 1.165) is 22.2 Å². The molecule has 6 heteroatoms. The van der Waals surface area contributed by atoms with Crippen LogP contribution in [0.4, 0.5) is 10.2 Å². The highest BCUT2D eigenvalue weighted by Gasteiger charge is 2.11. The van der Waals surface area contributed by atoms with E-state index in [2.05, 4.69) is 41.8 Å². The van der Waals surface area contributed by atoms with Crippen molar-refractivity contribution in [3.05, 3.63) is 38.7 Å². The maximum absolute atomic E-state index is 13.2. The smallest absolute Gasteiger partial charge is 0.161 e. The van der Waals surface area contributed by atoms with Gasteiger partial charge < -0.3 is 5.73 Å². The average molecular weight is 375 g/mol. The molecule has 0 bridgehead atoms. The van der Waals surface area contributed by atoms with Gasteiger partial charge in [-0.3, -0.25) is 0 Å². The van der Waals surface area contributed by atoms with Crippen LogP contribution in [-0.2, 0) is 6.42 Å². The maximum Gasteiger partial charge on any atom is 0.161 e. The third kappa shape index (κ3) is 2.54. The van der Waals surface area contributed by atoms with Gasteiger partial charge in [-0.25, -0.2) is 14.4 Å². The Balaban J connectivity index is 2.57. The van der Waals surface area contributed by atoms with Gasteiger partial charge in [-0.1, -0.05) is 6.92 Å². The summed E-state index contributed by atoms with van der Waals surface area (Å²) in [7, 11) is 0. The molecule has 0 atom stereocenters. The SMILES string of the molecule is CCc1nc(-c2ccc(F)c(Br)c2)nc(N)c1Br. The number of hydrogen-bond donors (Lipinski definition) is 1. The topological polar surface area (TPSA) is 51.8 Å². The molecule has 0 aliphatic rings. The van der Waals surface area contributed by atoms with Crippen molar-refractivity contribution in [3.8, 4) is 11.4 Å². The summed E-state index contributed by atoms with van der Waals surface area (Å²) in [6.07, 6.45) is 0.739. The summed E-state index contributed by atoms with van der Waals surface area (Å²) in [5.74, 6) is 0.560. The van der Waals surface area contributed by atoms with Crippen LogP contribution in [0.1, 0.15) is 12.6 Å². The Labute approximate surface area is 121 Å². The second-order valence-corrected chi connectivity index (χ2v) is 5.32. The van der Waals surface area contributed by atoms with E-state index >= 15 is 0 Å². The Bertz CT molecular complexity index is 602. The number of aryl methyl sites for hydroxylation is 1. The molecule has 1 aromatic carbocycles. The van der Waals surface area contributed by atoms with Crippen LogP contribution in [0.15, 0.2) is 27.1 Å².